The second-order valence-corrected chi connectivity index (χ2v) is 13.3. The molecule has 0 aliphatic heterocycles. The molecule has 39 heavy (non-hydrogen) atoms. The van der Waals surface area contributed by atoms with Crippen LogP contribution in [-0.2, 0) is 11.3 Å². The van der Waals surface area contributed by atoms with E-state index in [1.807, 2.05) is 12.1 Å². The number of benzene rings is 1. The van der Waals surface area contributed by atoms with Gasteiger partial charge in [0.1, 0.15) is 12.2 Å². The molecule has 2 aromatic rings. The Labute approximate surface area is 231 Å². The minimum absolute atomic E-state index is 0.0786. The maximum Gasteiger partial charge on any atom is 0.336 e. The van der Waals surface area contributed by atoms with E-state index in [1.165, 1.54) is 44.2 Å². The number of hydrogen-bond donors (Lipinski definition) is 3. The lowest BCUT2D eigenvalue weighted by Crippen LogP contribution is -2.54. The van der Waals surface area contributed by atoms with Crippen LogP contribution in [0.25, 0.3) is 11.0 Å². The first-order chi connectivity index (χ1) is 18.8. The van der Waals surface area contributed by atoms with Gasteiger partial charge < -0.3 is 25.4 Å². The van der Waals surface area contributed by atoms with Gasteiger partial charge in [0.05, 0.1) is 11.8 Å². The molecule has 7 heteroatoms. The van der Waals surface area contributed by atoms with Crippen molar-refractivity contribution in [2.75, 3.05) is 25.4 Å². The molecule has 7 nitrogen and oxygen atoms in total. The van der Waals surface area contributed by atoms with Crippen molar-refractivity contribution in [3.8, 4) is 0 Å². The summed E-state index contributed by atoms with van der Waals surface area (Å²) in [6.07, 6.45) is 11.3. The minimum atomic E-state index is -0.348. The van der Waals surface area contributed by atoms with Gasteiger partial charge in [-0.15, -0.1) is 0 Å². The summed E-state index contributed by atoms with van der Waals surface area (Å²) < 4.78 is 5.30. The van der Waals surface area contributed by atoms with E-state index < -0.39 is 0 Å². The Morgan fingerprint density at radius 1 is 1.10 bits per heavy atom. The number of nitrogens with zero attached hydrogens (tertiary/aromatic N) is 1. The van der Waals surface area contributed by atoms with Gasteiger partial charge in [-0.3, -0.25) is 0 Å². The molecule has 4 saturated carbocycles. The van der Waals surface area contributed by atoms with Gasteiger partial charge in [-0.1, -0.05) is 19.0 Å². The smallest absolute Gasteiger partial charge is 0.336 e. The molecular formula is C32H45N3O4. The third-order valence-corrected chi connectivity index (χ3v) is 11.3. The van der Waals surface area contributed by atoms with E-state index in [9.17, 15) is 9.90 Å². The van der Waals surface area contributed by atoms with Crippen molar-refractivity contribution in [3.05, 3.63) is 40.2 Å². The van der Waals surface area contributed by atoms with Crippen LogP contribution in [0.5, 0.6) is 0 Å². The number of aliphatic hydroxyl groups is 1. The van der Waals surface area contributed by atoms with Crippen LogP contribution in [0.1, 0.15) is 77.2 Å². The molecule has 1 aromatic heterocycles. The number of fused-ring (bicyclic) bond motifs is 6. The van der Waals surface area contributed by atoms with Crippen molar-refractivity contribution in [2.45, 2.75) is 84.2 Å². The molecule has 6 rings (SSSR count). The number of nitrogen functional groups attached to an aromatic ring is 1. The van der Waals surface area contributed by atoms with Crippen LogP contribution in [0, 0.1) is 34.5 Å². The highest BCUT2D eigenvalue weighted by molar-refractivity contribution is 5.92. The lowest BCUT2D eigenvalue weighted by Gasteiger charge is -2.60. The molecule has 0 bridgehead atoms. The standard InChI is InChI=1S/C32H45N3O4/c1-31-12-9-23(36)18-21(31)3-5-25-26-7-8-29(32(26,2)13-10-27(25)31)35-38-16-15-34-14-11-20-17-30(37)39-28-19-22(33)4-6-24(20)28/h4,6,17,19,21,23,25-27,34,36H,3,5,7-16,18,33H2,1-2H3/b35-29-/t21-,23+,25-,26-,27-,31-,32-/m0/s1. The summed E-state index contributed by atoms with van der Waals surface area (Å²) in [5, 5.41) is 19.4. The maximum absolute atomic E-state index is 11.9. The Kier molecular flexibility index (Phi) is 7.25. The molecule has 1 heterocycles. The van der Waals surface area contributed by atoms with E-state index in [0.717, 1.165) is 60.9 Å². The molecule has 212 valence electrons. The fourth-order valence-corrected chi connectivity index (χ4v) is 9.22. The molecule has 0 radical (unpaired) electrons. The first-order valence-electron chi connectivity index (χ1n) is 15.2. The molecule has 0 unspecified atom stereocenters. The number of anilines is 1. The molecule has 4 aliphatic rings. The average Bonchev–Trinajstić information content (AvgIpc) is 3.24. The Balaban J connectivity index is 1.00. The molecule has 7 atom stereocenters. The van der Waals surface area contributed by atoms with Crippen LogP contribution >= 0.6 is 0 Å². The van der Waals surface area contributed by atoms with Gasteiger partial charge >= 0.3 is 5.63 Å². The van der Waals surface area contributed by atoms with Crippen LogP contribution < -0.4 is 16.7 Å². The van der Waals surface area contributed by atoms with Crippen molar-refractivity contribution < 1.29 is 14.4 Å². The number of nitrogens with two attached hydrogens (primary N) is 1. The zero-order chi connectivity index (χ0) is 27.2. The average molecular weight is 536 g/mol. The number of aliphatic hydroxyl groups excluding tert-OH is 1. The van der Waals surface area contributed by atoms with E-state index in [0.29, 0.717) is 35.8 Å². The normalized spacial score (nSPS) is 36.9. The summed E-state index contributed by atoms with van der Waals surface area (Å²) in [4.78, 5) is 17.8. The highest BCUT2D eigenvalue weighted by Crippen LogP contribution is 2.65. The first kappa shape index (κ1) is 26.8. The molecule has 4 fully saturated rings. The van der Waals surface area contributed by atoms with Crippen molar-refractivity contribution in [1.29, 1.82) is 0 Å². The fourth-order valence-electron chi connectivity index (χ4n) is 9.22. The third kappa shape index (κ3) is 4.90. The van der Waals surface area contributed by atoms with E-state index in [2.05, 4.69) is 19.2 Å². The summed E-state index contributed by atoms with van der Waals surface area (Å²) in [5.74, 6) is 3.02. The van der Waals surface area contributed by atoms with Gasteiger partial charge in [0.15, 0.2) is 0 Å². The van der Waals surface area contributed by atoms with Crippen LogP contribution in [0.2, 0.25) is 0 Å². The van der Waals surface area contributed by atoms with Gasteiger partial charge in [0.2, 0.25) is 0 Å². The molecule has 1 aromatic carbocycles. The number of rotatable bonds is 7. The molecule has 4 N–H and O–H groups in total. The van der Waals surface area contributed by atoms with Crippen molar-refractivity contribution in [2.24, 2.45) is 39.7 Å². The molecular weight excluding hydrogens is 490 g/mol. The number of hydrogen-bond acceptors (Lipinski definition) is 7. The van der Waals surface area contributed by atoms with Crippen LogP contribution in [-0.4, -0.2) is 36.6 Å². The lowest BCUT2D eigenvalue weighted by molar-refractivity contribution is -0.114. The second-order valence-electron chi connectivity index (χ2n) is 13.3. The van der Waals surface area contributed by atoms with Crippen molar-refractivity contribution in [1.82, 2.24) is 5.32 Å². The summed E-state index contributed by atoms with van der Waals surface area (Å²) in [5.41, 5.74) is 9.43. The molecule has 0 amide bonds. The molecule has 0 saturated heterocycles. The largest absolute Gasteiger partial charge is 0.423 e. The van der Waals surface area contributed by atoms with Gasteiger partial charge in [0, 0.05) is 35.2 Å². The minimum Gasteiger partial charge on any atom is -0.423 e. The number of nitrogens with one attached hydrogen (secondary N) is 1. The molecule has 4 aliphatic carbocycles. The van der Waals surface area contributed by atoms with E-state index in [1.54, 1.807) is 12.1 Å². The van der Waals surface area contributed by atoms with Crippen molar-refractivity contribution in [3.63, 3.8) is 0 Å². The van der Waals surface area contributed by atoms with E-state index in [4.69, 9.17) is 20.1 Å². The summed E-state index contributed by atoms with van der Waals surface area (Å²) in [6.45, 7) is 6.98. The van der Waals surface area contributed by atoms with E-state index in [-0.39, 0.29) is 17.1 Å². The predicted molar refractivity (Wildman–Crippen MR) is 155 cm³/mol. The highest BCUT2D eigenvalue weighted by Gasteiger charge is 2.59. The third-order valence-electron chi connectivity index (χ3n) is 11.3. The van der Waals surface area contributed by atoms with Crippen LogP contribution in [0.15, 0.2) is 38.6 Å². The van der Waals surface area contributed by atoms with Crippen molar-refractivity contribution >= 4 is 22.4 Å². The van der Waals surface area contributed by atoms with Gasteiger partial charge in [-0.25, -0.2) is 4.79 Å². The maximum atomic E-state index is 11.9. The first-order valence-corrected chi connectivity index (χ1v) is 15.2. The Morgan fingerprint density at radius 2 is 1.97 bits per heavy atom. The van der Waals surface area contributed by atoms with Gasteiger partial charge in [-0.05, 0) is 118 Å². The topological polar surface area (TPSA) is 110 Å². The van der Waals surface area contributed by atoms with Gasteiger partial charge in [-0.2, -0.15) is 0 Å². The monoisotopic (exact) mass is 535 g/mol. The SMILES string of the molecule is C[C@]12CC[C@@H](O)C[C@@H]1CC[C@@H]1[C@@H]2CC[C@]2(C)/C(=N\OCCNCCc3cc(=O)oc4cc(N)ccc34)CC[C@@H]12. The van der Waals surface area contributed by atoms with Crippen LogP contribution in [0.3, 0.4) is 0 Å². The Morgan fingerprint density at radius 3 is 2.85 bits per heavy atom. The lowest BCUT2D eigenvalue weighted by atomic mass is 9.45. The molecule has 0 spiro atoms. The summed E-state index contributed by atoms with van der Waals surface area (Å²) in [6, 6.07) is 7.02. The second kappa shape index (κ2) is 10.5. The highest BCUT2D eigenvalue weighted by atomic mass is 16.6. The quantitative estimate of drug-likeness (QED) is 0.193. The fraction of sp³-hybridized carbons (Fsp3) is 0.688. The summed E-state index contributed by atoms with van der Waals surface area (Å²) >= 11 is 0. The van der Waals surface area contributed by atoms with Crippen LogP contribution in [0.4, 0.5) is 5.69 Å². The summed E-state index contributed by atoms with van der Waals surface area (Å²) in [7, 11) is 0. The Bertz CT molecular complexity index is 1290. The van der Waals surface area contributed by atoms with Gasteiger partial charge in [0.25, 0.3) is 0 Å². The Hall–Kier alpha value is -2.38. The van der Waals surface area contributed by atoms with E-state index >= 15 is 0 Å². The zero-order valence-electron chi connectivity index (χ0n) is 23.6. The number of oxime groups is 1. The predicted octanol–water partition coefficient (Wildman–Crippen LogP) is 5.28. The zero-order valence-corrected chi connectivity index (χ0v) is 23.6.